The van der Waals surface area contributed by atoms with Gasteiger partial charge >= 0.3 is 0 Å². The van der Waals surface area contributed by atoms with Crippen molar-refractivity contribution >= 4 is 23.4 Å². The average molecular weight is 265 g/mol. The minimum Gasteiger partial charge on any atom is -0.389 e. The molecule has 2 aromatic carbocycles. The fraction of sp³-hybridized carbons (Fsp3) is 0.143. The first-order chi connectivity index (χ1) is 8.16. The molecule has 0 aliphatic carbocycles. The summed E-state index contributed by atoms with van der Waals surface area (Å²) in [5, 5.41) is 10.4. The monoisotopic (exact) mass is 264 g/mol. The van der Waals surface area contributed by atoms with Crippen molar-refractivity contribution in [1.29, 1.82) is 0 Å². The summed E-state index contributed by atoms with van der Waals surface area (Å²) in [6.45, 7) is 1.78. The molecule has 2 aromatic rings. The number of hydrogen-bond donors (Lipinski definition) is 1. The van der Waals surface area contributed by atoms with Crippen LogP contribution in [0.25, 0.3) is 0 Å². The number of aliphatic hydroxyl groups is 1. The lowest BCUT2D eigenvalue weighted by Crippen LogP contribution is -1.93. The molecule has 0 aliphatic heterocycles. The molecule has 0 radical (unpaired) electrons. The van der Waals surface area contributed by atoms with Crippen molar-refractivity contribution in [1.82, 2.24) is 0 Å². The Bertz CT molecular complexity index is 494. The molecule has 0 fully saturated rings. The van der Waals surface area contributed by atoms with Crippen LogP contribution in [0.5, 0.6) is 0 Å². The number of benzene rings is 2. The second-order valence-electron chi connectivity index (χ2n) is 3.77. The molecule has 0 unspecified atom stereocenters. The van der Waals surface area contributed by atoms with Crippen LogP contribution in [0.4, 0.5) is 0 Å². The van der Waals surface area contributed by atoms with E-state index in [1.807, 2.05) is 48.5 Å². The van der Waals surface area contributed by atoms with Crippen LogP contribution in [0.15, 0.2) is 58.3 Å². The highest BCUT2D eigenvalue weighted by Gasteiger charge is 2.08. The average Bonchev–Trinajstić information content (AvgIpc) is 2.32. The van der Waals surface area contributed by atoms with Crippen molar-refractivity contribution in [3.05, 3.63) is 59.1 Å². The van der Waals surface area contributed by atoms with E-state index in [9.17, 15) is 5.11 Å². The fourth-order valence-electron chi connectivity index (χ4n) is 1.55. The lowest BCUT2D eigenvalue weighted by molar-refractivity contribution is 0.196. The van der Waals surface area contributed by atoms with Crippen molar-refractivity contribution in [2.24, 2.45) is 0 Å². The fourth-order valence-corrected chi connectivity index (χ4v) is 2.70. The predicted molar refractivity (Wildman–Crippen MR) is 72.7 cm³/mol. The second-order valence-corrected chi connectivity index (χ2v) is 5.32. The predicted octanol–water partition coefficient (Wildman–Crippen LogP) is 4.54. The summed E-state index contributed by atoms with van der Waals surface area (Å²) >= 11 is 7.48. The molecule has 1 atom stereocenters. The SMILES string of the molecule is C[C@H](O)c1ccccc1Sc1ccc(Cl)cc1. The normalized spacial score (nSPS) is 12.4. The molecule has 0 saturated carbocycles. The van der Waals surface area contributed by atoms with Gasteiger partial charge in [-0.05, 0) is 42.8 Å². The van der Waals surface area contributed by atoms with Gasteiger partial charge in [-0.25, -0.2) is 0 Å². The van der Waals surface area contributed by atoms with Gasteiger partial charge in [0.2, 0.25) is 0 Å². The lowest BCUT2D eigenvalue weighted by atomic mass is 10.1. The van der Waals surface area contributed by atoms with Crippen LogP contribution >= 0.6 is 23.4 Å². The summed E-state index contributed by atoms with van der Waals surface area (Å²) in [5.74, 6) is 0. The highest BCUT2D eigenvalue weighted by Crippen LogP contribution is 2.33. The molecule has 0 bridgehead atoms. The summed E-state index contributed by atoms with van der Waals surface area (Å²) in [7, 11) is 0. The van der Waals surface area contributed by atoms with E-state index >= 15 is 0 Å². The van der Waals surface area contributed by atoms with Gasteiger partial charge in [0.25, 0.3) is 0 Å². The summed E-state index contributed by atoms with van der Waals surface area (Å²) in [5.41, 5.74) is 0.951. The Morgan fingerprint density at radius 2 is 1.71 bits per heavy atom. The molecule has 0 aromatic heterocycles. The van der Waals surface area contributed by atoms with Gasteiger partial charge in [-0.3, -0.25) is 0 Å². The van der Waals surface area contributed by atoms with E-state index in [2.05, 4.69) is 0 Å². The standard InChI is InChI=1S/C14H13ClOS/c1-10(16)13-4-2-3-5-14(13)17-12-8-6-11(15)7-9-12/h2-10,16H,1H3/t10-/m0/s1. The second kappa shape index (κ2) is 5.58. The minimum absolute atomic E-state index is 0.453. The van der Waals surface area contributed by atoms with Gasteiger partial charge in [0.1, 0.15) is 0 Å². The van der Waals surface area contributed by atoms with Gasteiger partial charge in [-0.2, -0.15) is 0 Å². The van der Waals surface area contributed by atoms with Crippen LogP contribution < -0.4 is 0 Å². The molecule has 0 aliphatic rings. The molecule has 0 heterocycles. The van der Waals surface area contributed by atoms with Crippen LogP contribution in [0.1, 0.15) is 18.6 Å². The number of rotatable bonds is 3. The minimum atomic E-state index is -0.453. The van der Waals surface area contributed by atoms with Gasteiger partial charge in [-0.1, -0.05) is 41.6 Å². The highest BCUT2D eigenvalue weighted by molar-refractivity contribution is 7.99. The zero-order chi connectivity index (χ0) is 12.3. The molecule has 1 N–H and O–H groups in total. The Morgan fingerprint density at radius 3 is 2.35 bits per heavy atom. The van der Waals surface area contributed by atoms with Crippen molar-refractivity contribution < 1.29 is 5.11 Å². The zero-order valence-electron chi connectivity index (χ0n) is 9.43. The Labute approximate surface area is 110 Å². The van der Waals surface area contributed by atoms with Gasteiger partial charge in [-0.15, -0.1) is 0 Å². The smallest absolute Gasteiger partial charge is 0.0772 e. The number of aliphatic hydroxyl groups excluding tert-OH is 1. The van der Waals surface area contributed by atoms with E-state index in [0.29, 0.717) is 0 Å². The van der Waals surface area contributed by atoms with Crippen LogP contribution in [-0.4, -0.2) is 5.11 Å². The first-order valence-electron chi connectivity index (χ1n) is 5.37. The quantitative estimate of drug-likeness (QED) is 0.878. The van der Waals surface area contributed by atoms with E-state index in [1.165, 1.54) is 0 Å². The maximum absolute atomic E-state index is 9.69. The molecule has 1 nitrogen and oxygen atoms in total. The Morgan fingerprint density at radius 1 is 1.06 bits per heavy atom. The Balaban J connectivity index is 2.26. The molecule has 2 rings (SSSR count). The molecule has 88 valence electrons. The van der Waals surface area contributed by atoms with Gasteiger partial charge < -0.3 is 5.11 Å². The molecule has 0 amide bonds. The number of hydrogen-bond acceptors (Lipinski definition) is 2. The van der Waals surface area contributed by atoms with Crippen molar-refractivity contribution in [3.63, 3.8) is 0 Å². The lowest BCUT2D eigenvalue weighted by Gasteiger charge is -2.11. The Kier molecular flexibility index (Phi) is 4.11. The summed E-state index contributed by atoms with van der Waals surface area (Å²) in [4.78, 5) is 2.19. The first-order valence-corrected chi connectivity index (χ1v) is 6.56. The zero-order valence-corrected chi connectivity index (χ0v) is 11.0. The third kappa shape index (κ3) is 3.25. The van der Waals surface area contributed by atoms with Crippen LogP contribution in [-0.2, 0) is 0 Å². The van der Waals surface area contributed by atoms with Gasteiger partial charge in [0.15, 0.2) is 0 Å². The summed E-state index contributed by atoms with van der Waals surface area (Å²) in [6.07, 6.45) is -0.453. The van der Waals surface area contributed by atoms with E-state index in [1.54, 1.807) is 18.7 Å². The molecule has 0 saturated heterocycles. The molecule has 0 spiro atoms. The largest absolute Gasteiger partial charge is 0.389 e. The van der Waals surface area contributed by atoms with E-state index in [0.717, 1.165) is 20.4 Å². The highest BCUT2D eigenvalue weighted by atomic mass is 35.5. The molecule has 3 heteroatoms. The van der Waals surface area contributed by atoms with E-state index in [4.69, 9.17) is 11.6 Å². The molecular formula is C14H13ClOS. The van der Waals surface area contributed by atoms with Crippen molar-refractivity contribution in [2.75, 3.05) is 0 Å². The molecular weight excluding hydrogens is 252 g/mol. The van der Waals surface area contributed by atoms with E-state index in [-0.39, 0.29) is 0 Å². The van der Waals surface area contributed by atoms with Crippen molar-refractivity contribution in [2.45, 2.75) is 22.8 Å². The topological polar surface area (TPSA) is 20.2 Å². The van der Waals surface area contributed by atoms with Crippen LogP contribution in [0.3, 0.4) is 0 Å². The van der Waals surface area contributed by atoms with Crippen LogP contribution in [0, 0.1) is 0 Å². The van der Waals surface area contributed by atoms with E-state index < -0.39 is 6.10 Å². The maximum Gasteiger partial charge on any atom is 0.0772 e. The van der Waals surface area contributed by atoms with Gasteiger partial charge in [0.05, 0.1) is 6.10 Å². The summed E-state index contributed by atoms with van der Waals surface area (Å²) < 4.78 is 0. The van der Waals surface area contributed by atoms with Crippen molar-refractivity contribution in [3.8, 4) is 0 Å². The maximum atomic E-state index is 9.69. The molecule has 17 heavy (non-hydrogen) atoms. The van der Waals surface area contributed by atoms with Gasteiger partial charge in [0, 0.05) is 14.8 Å². The Hall–Kier alpha value is -0.960. The third-order valence-electron chi connectivity index (χ3n) is 2.41. The number of halogens is 1. The first kappa shape index (κ1) is 12.5. The summed E-state index contributed by atoms with van der Waals surface area (Å²) in [6, 6.07) is 15.6. The third-order valence-corrected chi connectivity index (χ3v) is 3.76. The van der Waals surface area contributed by atoms with Crippen LogP contribution in [0.2, 0.25) is 5.02 Å².